The molecule has 1 aliphatic carbocycles. The summed E-state index contributed by atoms with van der Waals surface area (Å²) in [6.45, 7) is 1.35. The number of rotatable bonds is 4. The molecule has 98 valence electrons. The summed E-state index contributed by atoms with van der Waals surface area (Å²) < 4.78 is 0. The second kappa shape index (κ2) is 4.67. The summed E-state index contributed by atoms with van der Waals surface area (Å²) in [7, 11) is 0. The van der Waals surface area contributed by atoms with E-state index >= 15 is 0 Å². The molecule has 0 heterocycles. The minimum absolute atomic E-state index is 0.00882. The van der Waals surface area contributed by atoms with Crippen molar-refractivity contribution < 1.29 is 4.79 Å². The van der Waals surface area contributed by atoms with E-state index in [9.17, 15) is 4.79 Å². The molecule has 0 radical (unpaired) electrons. The third-order valence-electron chi connectivity index (χ3n) is 4.03. The molecule has 3 heteroatoms. The number of fused-ring (bicyclic) bond motifs is 1. The van der Waals surface area contributed by atoms with Gasteiger partial charge in [-0.25, -0.2) is 0 Å². The normalized spacial score (nSPS) is 16.3. The fourth-order valence-electron chi connectivity index (χ4n) is 2.33. The molecule has 0 saturated heterocycles. The fraction of sp³-hybridized carbons (Fsp3) is 0.312. The van der Waals surface area contributed by atoms with Crippen LogP contribution in [-0.2, 0) is 0 Å². The molecule has 0 bridgehead atoms. The van der Waals surface area contributed by atoms with Crippen molar-refractivity contribution in [2.45, 2.75) is 12.8 Å². The minimum Gasteiger partial charge on any atom is -0.351 e. The summed E-state index contributed by atoms with van der Waals surface area (Å²) in [6.07, 6.45) is 2.25. The number of amides is 1. The molecular weight excluding hydrogens is 236 g/mol. The van der Waals surface area contributed by atoms with Crippen molar-refractivity contribution in [3.05, 3.63) is 48.0 Å². The standard InChI is InChI=1S/C16H18N2O/c17-10-16(7-8-16)11-18-15(19)14-6-5-12-3-1-2-4-13(12)9-14/h1-6,9H,7-8,10-11,17H2,(H,18,19). The van der Waals surface area contributed by atoms with Crippen LogP contribution in [0.2, 0.25) is 0 Å². The highest BCUT2D eigenvalue weighted by atomic mass is 16.1. The maximum absolute atomic E-state index is 12.1. The SMILES string of the molecule is NCC1(CNC(=O)c2ccc3ccccc3c2)CC1. The molecule has 0 atom stereocenters. The number of hydrogen-bond donors (Lipinski definition) is 2. The quantitative estimate of drug-likeness (QED) is 0.879. The molecule has 0 spiro atoms. The van der Waals surface area contributed by atoms with Gasteiger partial charge in [-0.1, -0.05) is 30.3 Å². The second-order valence-corrected chi connectivity index (χ2v) is 5.45. The lowest BCUT2D eigenvalue weighted by atomic mass is 10.1. The predicted molar refractivity (Wildman–Crippen MR) is 77.0 cm³/mol. The van der Waals surface area contributed by atoms with Crippen LogP contribution in [0.5, 0.6) is 0 Å². The van der Waals surface area contributed by atoms with Crippen LogP contribution < -0.4 is 11.1 Å². The van der Waals surface area contributed by atoms with Crippen LogP contribution in [0.15, 0.2) is 42.5 Å². The Hall–Kier alpha value is -1.87. The van der Waals surface area contributed by atoms with Gasteiger partial charge in [-0.05, 0) is 42.3 Å². The zero-order valence-corrected chi connectivity index (χ0v) is 10.9. The Labute approximate surface area is 112 Å². The molecule has 1 aliphatic rings. The number of nitrogens with one attached hydrogen (secondary N) is 1. The van der Waals surface area contributed by atoms with E-state index < -0.39 is 0 Å². The second-order valence-electron chi connectivity index (χ2n) is 5.45. The number of benzene rings is 2. The van der Waals surface area contributed by atoms with Crippen molar-refractivity contribution >= 4 is 16.7 Å². The van der Waals surface area contributed by atoms with Crippen LogP contribution >= 0.6 is 0 Å². The van der Waals surface area contributed by atoms with Gasteiger partial charge in [0.25, 0.3) is 5.91 Å². The van der Waals surface area contributed by atoms with Crippen LogP contribution in [0.25, 0.3) is 10.8 Å². The van der Waals surface area contributed by atoms with Crippen LogP contribution in [0.4, 0.5) is 0 Å². The van der Waals surface area contributed by atoms with Crippen LogP contribution in [0.3, 0.4) is 0 Å². The molecule has 0 aliphatic heterocycles. The molecule has 3 nitrogen and oxygen atoms in total. The van der Waals surface area contributed by atoms with Crippen molar-refractivity contribution in [1.29, 1.82) is 0 Å². The maximum Gasteiger partial charge on any atom is 0.251 e. The van der Waals surface area contributed by atoms with Gasteiger partial charge in [0, 0.05) is 17.5 Å². The van der Waals surface area contributed by atoms with E-state index in [1.807, 2.05) is 42.5 Å². The van der Waals surface area contributed by atoms with Gasteiger partial charge in [-0.3, -0.25) is 4.79 Å². The van der Waals surface area contributed by atoms with Crippen molar-refractivity contribution in [2.24, 2.45) is 11.1 Å². The van der Waals surface area contributed by atoms with Gasteiger partial charge < -0.3 is 11.1 Å². The molecule has 2 aromatic rings. The largest absolute Gasteiger partial charge is 0.351 e. The number of carbonyl (C=O) groups is 1. The first-order chi connectivity index (χ1) is 9.22. The van der Waals surface area contributed by atoms with Gasteiger partial charge in [0.15, 0.2) is 0 Å². The van der Waals surface area contributed by atoms with Crippen molar-refractivity contribution in [3.8, 4) is 0 Å². The molecular formula is C16H18N2O. The van der Waals surface area contributed by atoms with E-state index in [1.54, 1.807) is 0 Å². The lowest BCUT2D eigenvalue weighted by molar-refractivity contribution is 0.0945. The zero-order valence-electron chi connectivity index (χ0n) is 10.9. The van der Waals surface area contributed by atoms with Crippen molar-refractivity contribution in [2.75, 3.05) is 13.1 Å². The van der Waals surface area contributed by atoms with Crippen LogP contribution in [0.1, 0.15) is 23.2 Å². The fourth-order valence-corrected chi connectivity index (χ4v) is 2.33. The first-order valence-corrected chi connectivity index (χ1v) is 6.70. The van der Waals surface area contributed by atoms with Gasteiger partial charge in [0.05, 0.1) is 0 Å². The van der Waals surface area contributed by atoms with Gasteiger partial charge in [-0.15, -0.1) is 0 Å². The van der Waals surface area contributed by atoms with Crippen molar-refractivity contribution in [1.82, 2.24) is 5.32 Å². The highest BCUT2D eigenvalue weighted by Crippen LogP contribution is 2.43. The summed E-state index contributed by atoms with van der Waals surface area (Å²) in [5, 5.41) is 5.24. The van der Waals surface area contributed by atoms with Gasteiger partial charge in [0.2, 0.25) is 0 Å². The summed E-state index contributed by atoms with van der Waals surface area (Å²) in [5.41, 5.74) is 6.60. The van der Waals surface area contributed by atoms with E-state index in [2.05, 4.69) is 5.32 Å². The van der Waals surface area contributed by atoms with Gasteiger partial charge >= 0.3 is 0 Å². The monoisotopic (exact) mass is 254 g/mol. The molecule has 2 aromatic carbocycles. The van der Waals surface area contributed by atoms with Gasteiger partial charge in [0.1, 0.15) is 0 Å². The Morgan fingerprint density at radius 3 is 2.58 bits per heavy atom. The Morgan fingerprint density at radius 2 is 1.89 bits per heavy atom. The highest BCUT2D eigenvalue weighted by molar-refractivity contribution is 5.98. The number of hydrogen-bond acceptors (Lipinski definition) is 2. The Balaban J connectivity index is 1.74. The molecule has 1 saturated carbocycles. The van der Waals surface area contributed by atoms with Crippen LogP contribution in [0, 0.1) is 5.41 Å². The number of carbonyl (C=O) groups excluding carboxylic acids is 1. The summed E-state index contributed by atoms with van der Waals surface area (Å²) in [5.74, 6) is -0.00882. The van der Waals surface area contributed by atoms with E-state index in [4.69, 9.17) is 5.73 Å². The average molecular weight is 254 g/mol. The third kappa shape index (κ3) is 2.47. The summed E-state index contributed by atoms with van der Waals surface area (Å²) >= 11 is 0. The first-order valence-electron chi connectivity index (χ1n) is 6.70. The Bertz CT molecular complexity index is 617. The summed E-state index contributed by atoms with van der Waals surface area (Å²) in [6, 6.07) is 13.9. The first kappa shape index (κ1) is 12.2. The van der Waals surface area contributed by atoms with Crippen molar-refractivity contribution in [3.63, 3.8) is 0 Å². The Kier molecular flexibility index (Phi) is 2.99. The smallest absolute Gasteiger partial charge is 0.251 e. The molecule has 0 unspecified atom stereocenters. The summed E-state index contributed by atoms with van der Waals surface area (Å²) in [4.78, 5) is 12.1. The van der Waals surface area contributed by atoms with Gasteiger partial charge in [-0.2, -0.15) is 0 Å². The predicted octanol–water partition coefficient (Wildman–Crippen LogP) is 2.31. The molecule has 1 fully saturated rings. The van der Waals surface area contributed by atoms with Crippen LogP contribution in [-0.4, -0.2) is 19.0 Å². The maximum atomic E-state index is 12.1. The topological polar surface area (TPSA) is 55.1 Å². The van der Waals surface area contributed by atoms with E-state index in [0.29, 0.717) is 18.7 Å². The van der Waals surface area contributed by atoms with E-state index in [0.717, 1.165) is 23.6 Å². The minimum atomic E-state index is -0.00882. The molecule has 19 heavy (non-hydrogen) atoms. The van der Waals surface area contributed by atoms with E-state index in [-0.39, 0.29) is 11.3 Å². The molecule has 1 amide bonds. The molecule has 3 N–H and O–H groups in total. The number of nitrogens with two attached hydrogens (primary N) is 1. The average Bonchev–Trinajstić information content (AvgIpc) is 3.25. The third-order valence-corrected chi connectivity index (χ3v) is 4.03. The zero-order chi connectivity index (χ0) is 13.3. The van der Waals surface area contributed by atoms with E-state index in [1.165, 1.54) is 0 Å². The molecule has 0 aromatic heterocycles. The highest BCUT2D eigenvalue weighted by Gasteiger charge is 2.41. The lowest BCUT2D eigenvalue weighted by Crippen LogP contribution is -2.33. The Morgan fingerprint density at radius 1 is 1.16 bits per heavy atom. The molecule has 3 rings (SSSR count). The lowest BCUT2D eigenvalue weighted by Gasteiger charge is -2.13.